The standard InChI is InChI=1S/C20H25N7O/c1-14-5-4-6-17(16(14)3)24-18(28)12-25-7-9-26(10-8-25)19-11-15(2)23-20-21-13-22-27(19)20/h4-6,11,13H,7-10,12H2,1-3H3,(H,24,28). The van der Waals surface area contributed by atoms with Gasteiger partial charge in [-0.3, -0.25) is 9.69 Å². The van der Waals surface area contributed by atoms with Crippen molar-refractivity contribution in [2.75, 3.05) is 42.9 Å². The first kappa shape index (κ1) is 18.4. The topological polar surface area (TPSA) is 78.7 Å². The smallest absolute Gasteiger partial charge is 0.254 e. The van der Waals surface area contributed by atoms with E-state index in [1.165, 1.54) is 11.9 Å². The van der Waals surface area contributed by atoms with Crippen LogP contribution in [0.1, 0.15) is 16.8 Å². The van der Waals surface area contributed by atoms with Crippen molar-refractivity contribution >= 4 is 23.2 Å². The van der Waals surface area contributed by atoms with Gasteiger partial charge in [-0.15, -0.1) is 0 Å². The summed E-state index contributed by atoms with van der Waals surface area (Å²) >= 11 is 0. The zero-order valence-corrected chi connectivity index (χ0v) is 16.5. The van der Waals surface area contributed by atoms with Gasteiger partial charge < -0.3 is 10.2 Å². The second-order valence-corrected chi connectivity index (χ2v) is 7.29. The Bertz CT molecular complexity index is 1000. The van der Waals surface area contributed by atoms with E-state index in [9.17, 15) is 4.79 Å². The van der Waals surface area contributed by atoms with Crippen LogP contribution in [-0.2, 0) is 4.79 Å². The molecule has 3 heterocycles. The molecule has 1 fully saturated rings. The van der Waals surface area contributed by atoms with Crippen molar-refractivity contribution < 1.29 is 4.79 Å². The van der Waals surface area contributed by atoms with Crippen LogP contribution < -0.4 is 10.2 Å². The van der Waals surface area contributed by atoms with Gasteiger partial charge in [0.2, 0.25) is 5.91 Å². The second kappa shape index (κ2) is 7.55. The van der Waals surface area contributed by atoms with E-state index in [-0.39, 0.29) is 5.91 Å². The number of benzene rings is 1. The molecule has 1 aliphatic rings. The number of anilines is 2. The maximum absolute atomic E-state index is 12.5. The van der Waals surface area contributed by atoms with Crippen LogP contribution in [0.2, 0.25) is 0 Å². The quantitative estimate of drug-likeness (QED) is 0.745. The normalized spacial score (nSPS) is 15.2. The highest BCUT2D eigenvalue weighted by atomic mass is 16.2. The monoisotopic (exact) mass is 379 g/mol. The number of amides is 1. The van der Waals surface area contributed by atoms with Gasteiger partial charge in [-0.2, -0.15) is 14.6 Å². The van der Waals surface area contributed by atoms with Crippen LogP contribution in [0, 0.1) is 20.8 Å². The van der Waals surface area contributed by atoms with Crippen molar-refractivity contribution in [3.8, 4) is 0 Å². The van der Waals surface area contributed by atoms with Crippen molar-refractivity contribution in [2.45, 2.75) is 20.8 Å². The number of nitrogens with one attached hydrogen (secondary N) is 1. The second-order valence-electron chi connectivity index (χ2n) is 7.29. The van der Waals surface area contributed by atoms with Gasteiger partial charge in [0, 0.05) is 43.6 Å². The van der Waals surface area contributed by atoms with E-state index in [2.05, 4.69) is 43.2 Å². The number of hydrogen-bond donors (Lipinski definition) is 1. The summed E-state index contributed by atoms with van der Waals surface area (Å²) in [5.41, 5.74) is 4.11. The minimum Gasteiger partial charge on any atom is -0.354 e. The summed E-state index contributed by atoms with van der Waals surface area (Å²) in [5.74, 6) is 1.64. The Kier molecular flexibility index (Phi) is 4.95. The molecule has 3 aromatic rings. The third kappa shape index (κ3) is 3.68. The summed E-state index contributed by atoms with van der Waals surface area (Å²) in [6.07, 6.45) is 1.53. The molecule has 2 aromatic heterocycles. The predicted molar refractivity (Wildman–Crippen MR) is 109 cm³/mol. The van der Waals surface area contributed by atoms with E-state index in [0.29, 0.717) is 12.3 Å². The van der Waals surface area contributed by atoms with Crippen LogP contribution in [0.3, 0.4) is 0 Å². The van der Waals surface area contributed by atoms with E-state index in [1.54, 1.807) is 4.52 Å². The SMILES string of the molecule is Cc1cc(N2CCN(CC(=O)Nc3cccc(C)c3C)CC2)n2ncnc2n1. The average molecular weight is 379 g/mol. The van der Waals surface area contributed by atoms with E-state index >= 15 is 0 Å². The van der Waals surface area contributed by atoms with Gasteiger partial charge in [-0.25, -0.2) is 4.98 Å². The third-order valence-electron chi connectivity index (χ3n) is 5.30. The molecule has 1 aromatic carbocycles. The molecule has 0 atom stereocenters. The lowest BCUT2D eigenvalue weighted by atomic mass is 10.1. The maximum atomic E-state index is 12.5. The van der Waals surface area contributed by atoms with Gasteiger partial charge in [0.25, 0.3) is 5.78 Å². The van der Waals surface area contributed by atoms with Crippen LogP contribution in [0.5, 0.6) is 0 Å². The molecule has 28 heavy (non-hydrogen) atoms. The Balaban J connectivity index is 1.37. The zero-order chi connectivity index (χ0) is 19.7. The lowest BCUT2D eigenvalue weighted by Crippen LogP contribution is -2.49. The highest BCUT2D eigenvalue weighted by Crippen LogP contribution is 2.19. The molecular formula is C20H25N7O. The van der Waals surface area contributed by atoms with E-state index < -0.39 is 0 Å². The zero-order valence-electron chi connectivity index (χ0n) is 16.5. The molecular weight excluding hydrogens is 354 g/mol. The first-order valence-electron chi connectivity index (χ1n) is 9.52. The molecule has 0 aliphatic carbocycles. The number of carbonyl (C=O) groups excluding carboxylic acids is 1. The Morgan fingerprint density at radius 2 is 1.93 bits per heavy atom. The van der Waals surface area contributed by atoms with Gasteiger partial charge in [0.15, 0.2) is 0 Å². The van der Waals surface area contributed by atoms with Crippen molar-refractivity contribution in [2.24, 2.45) is 0 Å². The number of rotatable bonds is 4. The summed E-state index contributed by atoms with van der Waals surface area (Å²) in [4.78, 5) is 25.5. The van der Waals surface area contributed by atoms with Crippen LogP contribution in [-0.4, -0.2) is 63.1 Å². The van der Waals surface area contributed by atoms with Crippen molar-refractivity contribution in [3.63, 3.8) is 0 Å². The molecule has 0 unspecified atom stereocenters. The summed E-state index contributed by atoms with van der Waals surface area (Å²) in [6.45, 7) is 9.74. The van der Waals surface area contributed by atoms with Gasteiger partial charge >= 0.3 is 0 Å². The van der Waals surface area contributed by atoms with Crippen molar-refractivity contribution in [1.82, 2.24) is 24.5 Å². The summed E-state index contributed by atoms with van der Waals surface area (Å²) in [6, 6.07) is 8.01. The number of nitrogens with zero attached hydrogens (tertiary/aromatic N) is 6. The summed E-state index contributed by atoms with van der Waals surface area (Å²) in [7, 11) is 0. The maximum Gasteiger partial charge on any atom is 0.254 e. The largest absolute Gasteiger partial charge is 0.354 e. The third-order valence-corrected chi connectivity index (χ3v) is 5.30. The van der Waals surface area contributed by atoms with Crippen LogP contribution in [0.15, 0.2) is 30.6 Å². The average Bonchev–Trinajstić information content (AvgIpc) is 3.14. The minimum atomic E-state index is 0.0283. The number of hydrogen-bond acceptors (Lipinski definition) is 6. The number of fused-ring (bicyclic) bond motifs is 1. The van der Waals surface area contributed by atoms with Gasteiger partial charge in [-0.1, -0.05) is 12.1 Å². The fourth-order valence-electron chi connectivity index (χ4n) is 3.55. The first-order valence-corrected chi connectivity index (χ1v) is 9.52. The fourth-order valence-corrected chi connectivity index (χ4v) is 3.55. The molecule has 1 N–H and O–H groups in total. The van der Waals surface area contributed by atoms with Crippen molar-refractivity contribution in [3.05, 3.63) is 47.4 Å². The molecule has 4 rings (SSSR count). The van der Waals surface area contributed by atoms with Gasteiger partial charge in [-0.05, 0) is 38.0 Å². The van der Waals surface area contributed by atoms with E-state index in [0.717, 1.165) is 48.9 Å². The van der Waals surface area contributed by atoms with Crippen LogP contribution in [0.4, 0.5) is 11.5 Å². The number of aryl methyl sites for hydroxylation is 2. The Labute approximate surface area is 164 Å². The molecule has 1 saturated heterocycles. The molecule has 146 valence electrons. The number of carbonyl (C=O) groups is 1. The van der Waals surface area contributed by atoms with E-state index in [4.69, 9.17) is 0 Å². The molecule has 0 spiro atoms. The Morgan fingerprint density at radius 1 is 1.14 bits per heavy atom. The number of piperazine rings is 1. The molecule has 0 radical (unpaired) electrons. The lowest BCUT2D eigenvalue weighted by Gasteiger charge is -2.35. The van der Waals surface area contributed by atoms with Crippen LogP contribution in [0.25, 0.3) is 5.78 Å². The highest BCUT2D eigenvalue weighted by Gasteiger charge is 2.22. The highest BCUT2D eigenvalue weighted by molar-refractivity contribution is 5.93. The van der Waals surface area contributed by atoms with Crippen molar-refractivity contribution in [1.29, 1.82) is 0 Å². The Morgan fingerprint density at radius 3 is 2.71 bits per heavy atom. The molecule has 1 amide bonds. The van der Waals surface area contributed by atoms with E-state index in [1.807, 2.05) is 32.0 Å². The minimum absolute atomic E-state index is 0.0283. The van der Waals surface area contributed by atoms with Crippen LogP contribution >= 0.6 is 0 Å². The fraction of sp³-hybridized carbons (Fsp3) is 0.400. The summed E-state index contributed by atoms with van der Waals surface area (Å²) in [5, 5.41) is 7.33. The first-order chi connectivity index (χ1) is 13.5. The summed E-state index contributed by atoms with van der Waals surface area (Å²) < 4.78 is 1.77. The Hall–Kier alpha value is -3.00. The molecule has 8 nitrogen and oxygen atoms in total. The molecule has 1 aliphatic heterocycles. The van der Waals surface area contributed by atoms with Gasteiger partial charge in [0.1, 0.15) is 12.1 Å². The molecule has 0 bridgehead atoms. The predicted octanol–water partition coefficient (Wildman–Crippen LogP) is 1.81. The molecule has 0 saturated carbocycles. The van der Waals surface area contributed by atoms with Gasteiger partial charge in [0.05, 0.1) is 6.54 Å². The molecule has 8 heteroatoms. The number of aromatic nitrogens is 4. The lowest BCUT2D eigenvalue weighted by molar-refractivity contribution is -0.117.